The summed E-state index contributed by atoms with van der Waals surface area (Å²) in [5.41, 5.74) is 0. The van der Waals surface area contributed by atoms with Gasteiger partial charge in [0, 0.05) is 19.3 Å². The van der Waals surface area contributed by atoms with Crippen LogP contribution in [-0.2, 0) is 28.6 Å². The van der Waals surface area contributed by atoms with Crippen molar-refractivity contribution in [2.24, 2.45) is 0 Å². The van der Waals surface area contributed by atoms with E-state index in [9.17, 15) is 14.4 Å². The fourth-order valence-electron chi connectivity index (χ4n) is 10.1. The van der Waals surface area contributed by atoms with Crippen LogP contribution in [0.4, 0.5) is 0 Å². The van der Waals surface area contributed by atoms with Crippen molar-refractivity contribution >= 4 is 17.9 Å². The van der Waals surface area contributed by atoms with Gasteiger partial charge in [0.25, 0.3) is 0 Å². The fraction of sp³-hybridized carbons (Fsp3) is 0.773. The van der Waals surface area contributed by atoms with E-state index in [1.807, 2.05) is 0 Å². The number of carbonyl (C=O) groups excluding carboxylic acids is 3. The van der Waals surface area contributed by atoms with Crippen LogP contribution in [0.1, 0.15) is 355 Å². The molecule has 0 heterocycles. The van der Waals surface area contributed by atoms with Crippen LogP contribution in [0.15, 0.2) is 85.1 Å². The molecule has 1 atom stereocenters. The molecule has 0 radical (unpaired) electrons. The lowest BCUT2D eigenvalue weighted by molar-refractivity contribution is -0.167. The highest BCUT2D eigenvalue weighted by Gasteiger charge is 2.19. The molecular weight excluding hydrogens is 997 g/mol. The van der Waals surface area contributed by atoms with Crippen LogP contribution in [0, 0.1) is 0 Å². The quantitative estimate of drug-likeness (QED) is 0.0261. The summed E-state index contributed by atoms with van der Waals surface area (Å²) >= 11 is 0. The topological polar surface area (TPSA) is 78.9 Å². The maximum Gasteiger partial charge on any atom is 0.306 e. The minimum atomic E-state index is -0.784. The van der Waals surface area contributed by atoms with Gasteiger partial charge in [-0.05, 0) is 116 Å². The number of unbranched alkanes of at least 4 members (excludes halogenated alkanes) is 39. The minimum Gasteiger partial charge on any atom is -0.462 e. The standard InChI is InChI=1S/C75H132O6/c1-4-7-10-13-16-19-22-25-28-31-34-35-36-37-38-39-40-41-42-45-47-50-53-56-59-62-65-68-74(77)80-71-72(81-75(78)69-66-63-60-57-54-51-48-44-33-30-27-24-21-18-15-12-9-6-3)70-79-73(76)67-64-61-58-55-52-49-46-43-32-29-26-23-20-17-14-11-8-5-2/h7,10,16,19,21,24-25,28-30,32-35,72H,4-6,8-9,11-15,17-18,20,22-23,26-27,31,36-71H2,1-3H3/b10-7-,19-16-,24-21-,28-25-,32-29-,33-30-,35-34-. The maximum absolute atomic E-state index is 12.9. The lowest BCUT2D eigenvalue weighted by atomic mass is 10.0. The van der Waals surface area contributed by atoms with Crippen LogP contribution in [0.25, 0.3) is 0 Å². The second-order valence-corrected chi connectivity index (χ2v) is 23.4. The smallest absolute Gasteiger partial charge is 0.306 e. The number of carbonyl (C=O) groups is 3. The first-order chi connectivity index (χ1) is 40.0. The predicted molar refractivity (Wildman–Crippen MR) is 353 cm³/mol. The van der Waals surface area contributed by atoms with Gasteiger partial charge in [0.05, 0.1) is 0 Å². The van der Waals surface area contributed by atoms with Crippen LogP contribution in [-0.4, -0.2) is 37.2 Å². The lowest BCUT2D eigenvalue weighted by Gasteiger charge is -2.18. The third kappa shape index (κ3) is 67.3. The van der Waals surface area contributed by atoms with Crippen molar-refractivity contribution in [3.8, 4) is 0 Å². The number of rotatable bonds is 64. The Hall–Kier alpha value is -3.41. The summed E-state index contributed by atoms with van der Waals surface area (Å²) in [7, 11) is 0. The van der Waals surface area contributed by atoms with E-state index in [1.165, 1.54) is 218 Å². The average molecular weight is 1130 g/mol. The molecule has 0 aliphatic heterocycles. The molecule has 0 rings (SSSR count). The Bertz CT molecular complexity index is 1530. The van der Waals surface area contributed by atoms with Gasteiger partial charge in [-0.25, -0.2) is 0 Å². The van der Waals surface area contributed by atoms with E-state index in [0.717, 1.165) is 96.3 Å². The average Bonchev–Trinajstić information content (AvgIpc) is 3.47. The molecule has 0 fully saturated rings. The third-order valence-electron chi connectivity index (χ3n) is 15.4. The summed E-state index contributed by atoms with van der Waals surface area (Å²) < 4.78 is 17.0. The Balaban J connectivity index is 4.32. The molecule has 0 bridgehead atoms. The minimum absolute atomic E-state index is 0.0788. The Labute approximate surface area is 503 Å². The van der Waals surface area contributed by atoms with E-state index in [4.69, 9.17) is 14.2 Å². The van der Waals surface area contributed by atoms with Crippen molar-refractivity contribution in [1.29, 1.82) is 0 Å². The predicted octanol–water partition coefficient (Wildman–Crippen LogP) is 24.2. The molecule has 1 unspecified atom stereocenters. The number of allylic oxidation sites excluding steroid dienone is 14. The molecule has 6 heteroatoms. The second kappa shape index (κ2) is 69.1. The summed E-state index contributed by atoms with van der Waals surface area (Å²) in [4.78, 5) is 38.5. The van der Waals surface area contributed by atoms with E-state index < -0.39 is 6.10 Å². The summed E-state index contributed by atoms with van der Waals surface area (Å²) in [6, 6.07) is 0. The molecule has 0 aromatic carbocycles. The Kier molecular flexibility index (Phi) is 66.2. The zero-order valence-electron chi connectivity index (χ0n) is 53.8. The van der Waals surface area contributed by atoms with Gasteiger partial charge in [0.2, 0.25) is 0 Å². The van der Waals surface area contributed by atoms with Crippen LogP contribution >= 0.6 is 0 Å². The van der Waals surface area contributed by atoms with Gasteiger partial charge in [-0.3, -0.25) is 14.4 Å². The number of esters is 3. The fourth-order valence-corrected chi connectivity index (χ4v) is 10.1. The van der Waals surface area contributed by atoms with Gasteiger partial charge in [0.15, 0.2) is 6.10 Å². The van der Waals surface area contributed by atoms with Gasteiger partial charge >= 0.3 is 17.9 Å². The molecule has 81 heavy (non-hydrogen) atoms. The molecule has 0 aromatic heterocycles. The SMILES string of the molecule is CC/C=C\C/C=C\C/C=C\C/C=C\CCCCCCCCCCCCCCCCC(=O)OCC(COC(=O)CCCCCCCCC/C=C\CCCCCCCCC)OC(=O)CCCCCCCCC/C=C\C/C=C\CCCCCC. The summed E-state index contributed by atoms with van der Waals surface area (Å²) in [6.45, 7) is 6.55. The number of hydrogen-bond donors (Lipinski definition) is 0. The van der Waals surface area contributed by atoms with Crippen LogP contribution in [0.2, 0.25) is 0 Å². The molecule has 0 aliphatic rings. The lowest BCUT2D eigenvalue weighted by Crippen LogP contribution is -2.30. The molecule has 0 N–H and O–H groups in total. The molecule has 0 saturated carbocycles. The van der Waals surface area contributed by atoms with Gasteiger partial charge in [-0.15, -0.1) is 0 Å². The van der Waals surface area contributed by atoms with Crippen molar-refractivity contribution in [1.82, 2.24) is 0 Å². The summed E-state index contributed by atoms with van der Waals surface area (Å²) in [5, 5.41) is 0. The van der Waals surface area contributed by atoms with Crippen molar-refractivity contribution in [2.45, 2.75) is 361 Å². The summed E-state index contributed by atoms with van der Waals surface area (Å²) in [6.07, 6.45) is 91.7. The third-order valence-corrected chi connectivity index (χ3v) is 15.4. The maximum atomic E-state index is 12.9. The van der Waals surface area contributed by atoms with Crippen molar-refractivity contribution in [3.63, 3.8) is 0 Å². The molecular formula is C75H132O6. The second-order valence-electron chi connectivity index (χ2n) is 23.4. The van der Waals surface area contributed by atoms with Gasteiger partial charge in [0.1, 0.15) is 13.2 Å². The Morgan fingerprint density at radius 2 is 0.481 bits per heavy atom. The molecule has 0 saturated heterocycles. The molecule has 0 amide bonds. The van der Waals surface area contributed by atoms with E-state index in [-0.39, 0.29) is 31.1 Å². The summed E-state index contributed by atoms with van der Waals surface area (Å²) in [5.74, 6) is -0.873. The first kappa shape index (κ1) is 77.6. The molecule has 6 nitrogen and oxygen atoms in total. The van der Waals surface area contributed by atoms with E-state index in [2.05, 4.69) is 106 Å². The monoisotopic (exact) mass is 1130 g/mol. The van der Waals surface area contributed by atoms with Crippen LogP contribution in [0.3, 0.4) is 0 Å². The first-order valence-electron chi connectivity index (χ1n) is 35.1. The van der Waals surface area contributed by atoms with E-state index in [0.29, 0.717) is 19.3 Å². The Morgan fingerprint density at radius 1 is 0.259 bits per heavy atom. The van der Waals surface area contributed by atoms with Crippen LogP contribution in [0.5, 0.6) is 0 Å². The van der Waals surface area contributed by atoms with Gasteiger partial charge < -0.3 is 14.2 Å². The van der Waals surface area contributed by atoms with E-state index in [1.54, 1.807) is 0 Å². The van der Waals surface area contributed by atoms with Crippen molar-refractivity contribution in [2.75, 3.05) is 13.2 Å². The normalized spacial score (nSPS) is 12.6. The largest absolute Gasteiger partial charge is 0.462 e. The van der Waals surface area contributed by atoms with Crippen molar-refractivity contribution in [3.05, 3.63) is 85.1 Å². The number of ether oxygens (including phenoxy) is 3. The zero-order valence-corrected chi connectivity index (χ0v) is 53.8. The Morgan fingerprint density at radius 3 is 0.778 bits per heavy atom. The zero-order chi connectivity index (χ0) is 58.5. The van der Waals surface area contributed by atoms with Gasteiger partial charge in [-0.1, -0.05) is 305 Å². The molecule has 0 aliphatic carbocycles. The van der Waals surface area contributed by atoms with Crippen molar-refractivity contribution < 1.29 is 28.6 Å². The molecule has 0 aromatic rings. The van der Waals surface area contributed by atoms with Crippen LogP contribution < -0.4 is 0 Å². The van der Waals surface area contributed by atoms with Gasteiger partial charge in [-0.2, -0.15) is 0 Å². The molecule has 468 valence electrons. The first-order valence-corrected chi connectivity index (χ1v) is 35.1. The highest BCUT2D eigenvalue weighted by Crippen LogP contribution is 2.17. The number of hydrogen-bond acceptors (Lipinski definition) is 6. The highest BCUT2D eigenvalue weighted by molar-refractivity contribution is 5.71. The van der Waals surface area contributed by atoms with E-state index >= 15 is 0 Å². The highest BCUT2D eigenvalue weighted by atomic mass is 16.6. The molecule has 0 spiro atoms.